The first kappa shape index (κ1) is 22.7. The minimum atomic E-state index is -0.0321. The van der Waals surface area contributed by atoms with Gasteiger partial charge in [0.2, 0.25) is 0 Å². The smallest absolute Gasteiger partial charge is 0.314 e. The molecule has 2 aliphatic heterocycles. The number of hydrogen-bond donors (Lipinski definition) is 2. The van der Waals surface area contributed by atoms with Crippen molar-refractivity contribution < 1.29 is 9.53 Å². The summed E-state index contributed by atoms with van der Waals surface area (Å²) in [5.41, 5.74) is 1.19. The van der Waals surface area contributed by atoms with Gasteiger partial charge in [0, 0.05) is 44.0 Å². The summed E-state index contributed by atoms with van der Waals surface area (Å²) in [5.74, 6) is 1.90. The number of carbonyl (C=O) groups excluding carboxylic acids is 1. The number of urea groups is 1. The van der Waals surface area contributed by atoms with Crippen molar-refractivity contribution >= 4 is 11.7 Å². The molecule has 0 spiro atoms. The van der Waals surface area contributed by atoms with Gasteiger partial charge in [-0.3, -0.25) is 4.90 Å². The Hall–Kier alpha value is -1.95. The van der Waals surface area contributed by atoms with Crippen LogP contribution in [0, 0.1) is 11.8 Å². The number of anilines is 1. The molecular weight excluding hydrogens is 376 g/mol. The minimum Gasteiger partial charge on any atom is -0.497 e. The van der Waals surface area contributed by atoms with Crippen molar-refractivity contribution in [2.75, 3.05) is 51.3 Å². The highest BCUT2D eigenvalue weighted by atomic mass is 16.5. The van der Waals surface area contributed by atoms with Crippen LogP contribution in [0.3, 0.4) is 0 Å². The molecule has 2 atom stereocenters. The maximum absolute atomic E-state index is 12.4. The second kappa shape index (κ2) is 11.4. The zero-order valence-corrected chi connectivity index (χ0v) is 19.0. The summed E-state index contributed by atoms with van der Waals surface area (Å²) in [4.78, 5) is 17.4. The number of nitrogens with one attached hydrogen (secondary N) is 2. The summed E-state index contributed by atoms with van der Waals surface area (Å²) in [6.45, 7) is 10.3. The topological polar surface area (TPSA) is 56.8 Å². The van der Waals surface area contributed by atoms with E-state index in [1.807, 2.05) is 12.1 Å². The second-order valence-electron chi connectivity index (χ2n) is 9.15. The second-order valence-corrected chi connectivity index (χ2v) is 9.15. The number of benzene rings is 1. The van der Waals surface area contributed by atoms with Crippen molar-refractivity contribution in [3.8, 4) is 5.75 Å². The zero-order valence-electron chi connectivity index (χ0n) is 19.0. The normalized spacial score (nSPS) is 21.3. The monoisotopic (exact) mass is 416 g/mol. The fourth-order valence-electron chi connectivity index (χ4n) is 4.75. The predicted octanol–water partition coefficient (Wildman–Crippen LogP) is 3.72. The van der Waals surface area contributed by atoms with Crippen molar-refractivity contribution in [1.82, 2.24) is 15.5 Å². The van der Waals surface area contributed by atoms with Crippen LogP contribution in [0.5, 0.6) is 5.75 Å². The van der Waals surface area contributed by atoms with Gasteiger partial charge in [0.1, 0.15) is 5.75 Å². The molecule has 2 fully saturated rings. The number of rotatable bonds is 8. The maximum Gasteiger partial charge on any atom is 0.314 e. The summed E-state index contributed by atoms with van der Waals surface area (Å²) in [6.07, 6.45) is 6.33. The van der Waals surface area contributed by atoms with Crippen LogP contribution in [-0.4, -0.2) is 63.4 Å². The fourth-order valence-corrected chi connectivity index (χ4v) is 4.75. The lowest BCUT2D eigenvalue weighted by atomic mass is 10.0. The zero-order chi connectivity index (χ0) is 21.3. The molecule has 2 N–H and O–H groups in total. The van der Waals surface area contributed by atoms with Gasteiger partial charge in [0.05, 0.1) is 7.11 Å². The minimum absolute atomic E-state index is 0.0321. The number of likely N-dealkylation sites (tertiary alicyclic amines) is 1. The largest absolute Gasteiger partial charge is 0.497 e. The molecule has 0 radical (unpaired) electrons. The molecule has 2 amide bonds. The van der Waals surface area contributed by atoms with Crippen molar-refractivity contribution in [3.63, 3.8) is 0 Å². The van der Waals surface area contributed by atoms with E-state index in [0.717, 1.165) is 51.4 Å². The van der Waals surface area contributed by atoms with Crippen LogP contribution in [0.25, 0.3) is 0 Å². The molecule has 2 saturated heterocycles. The molecule has 1 aromatic rings. The molecular formula is C24H40N4O2. The van der Waals surface area contributed by atoms with Gasteiger partial charge < -0.3 is 20.3 Å². The number of hydrogen-bond acceptors (Lipinski definition) is 4. The molecule has 3 rings (SSSR count). The molecule has 2 unspecified atom stereocenters. The Labute approximate surface area is 182 Å². The molecule has 0 aromatic heterocycles. The van der Waals surface area contributed by atoms with Gasteiger partial charge in [-0.05, 0) is 56.3 Å². The lowest BCUT2D eigenvalue weighted by molar-refractivity contribution is 0.157. The summed E-state index contributed by atoms with van der Waals surface area (Å²) in [7, 11) is 1.70. The standard InChI is InChI=1S/C24H40N4O2/c1-19(2)23(27-12-6-4-5-7-13-27)17-26-24(29)25-16-20-11-14-28(18-20)21-9-8-10-22(15-21)30-3/h8-10,15,19-20,23H,4-7,11-14,16-18H2,1-3H3,(H2,25,26,29). The molecule has 2 aliphatic rings. The molecule has 0 bridgehead atoms. The third-order valence-corrected chi connectivity index (χ3v) is 6.61. The summed E-state index contributed by atoms with van der Waals surface area (Å²) in [6, 6.07) is 8.60. The van der Waals surface area contributed by atoms with Crippen LogP contribution >= 0.6 is 0 Å². The first-order chi connectivity index (χ1) is 14.6. The molecule has 0 aliphatic carbocycles. The molecule has 0 saturated carbocycles. The first-order valence-electron chi connectivity index (χ1n) is 11.7. The van der Waals surface area contributed by atoms with E-state index in [2.05, 4.69) is 46.4 Å². The van der Waals surface area contributed by atoms with Crippen LogP contribution in [0.4, 0.5) is 10.5 Å². The van der Waals surface area contributed by atoms with Crippen LogP contribution < -0.4 is 20.3 Å². The van der Waals surface area contributed by atoms with Crippen LogP contribution in [-0.2, 0) is 0 Å². The van der Waals surface area contributed by atoms with E-state index in [1.165, 1.54) is 31.4 Å². The fraction of sp³-hybridized carbons (Fsp3) is 0.708. The van der Waals surface area contributed by atoms with Gasteiger partial charge in [0.25, 0.3) is 0 Å². The lowest BCUT2D eigenvalue weighted by Crippen LogP contribution is -2.49. The van der Waals surface area contributed by atoms with Crippen molar-refractivity contribution in [2.24, 2.45) is 11.8 Å². The van der Waals surface area contributed by atoms with E-state index < -0.39 is 0 Å². The van der Waals surface area contributed by atoms with Gasteiger partial charge in [-0.25, -0.2) is 4.79 Å². The van der Waals surface area contributed by atoms with Crippen molar-refractivity contribution in [3.05, 3.63) is 24.3 Å². The van der Waals surface area contributed by atoms with Gasteiger partial charge in [0.15, 0.2) is 0 Å². The number of amides is 2. The Bertz CT molecular complexity index is 658. The highest BCUT2D eigenvalue weighted by molar-refractivity contribution is 5.73. The average molecular weight is 417 g/mol. The van der Waals surface area contributed by atoms with Crippen LogP contribution in [0.2, 0.25) is 0 Å². The number of nitrogens with zero attached hydrogens (tertiary/aromatic N) is 2. The number of methoxy groups -OCH3 is 1. The van der Waals surface area contributed by atoms with E-state index >= 15 is 0 Å². The summed E-state index contributed by atoms with van der Waals surface area (Å²) >= 11 is 0. The van der Waals surface area contributed by atoms with Gasteiger partial charge >= 0.3 is 6.03 Å². The Balaban J connectivity index is 1.40. The Kier molecular flexibility index (Phi) is 8.67. The summed E-state index contributed by atoms with van der Waals surface area (Å²) in [5, 5.41) is 6.25. The van der Waals surface area contributed by atoms with Crippen molar-refractivity contribution in [1.29, 1.82) is 0 Å². The predicted molar refractivity (Wildman–Crippen MR) is 123 cm³/mol. The van der Waals surface area contributed by atoms with Gasteiger partial charge in [-0.2, -0.15) is 0 Å². The SMILES string of the molecule is COc1cccc(N2CCC(CNC(=O)NCC(C(C)C)N3CCCCCC3)C2)c1. The Morgan fingerprint density at radius 2 is 1.90 bits per heavy atom. The quantitative estimate of drug-likeness (QED) is 0.678. The molecule has 6 heteroatoms. The molecule has 30 heavy (non-hydrogen) atoms. The van der Waals surface area contributed by atoms with Gasteiger partial charge in [-0.1, -0.05) is 32.8 Å². The number of carbonyl (C=O) groups is 1. The lowest BCUT2D eigenvalue weighted by Gasteiger charge is -2.33. The Morgan fingerprint density at radius 1 is 1.13 bits per heavy atom. The van der Waals surface area contributed by atoms with Crippen molar-refractivity contribution in [2.45, 2.75) is 52.0 Å². The molecule has 168 valence electrons. The highest BCUT2D eigenvalue weighted by Gasteiger charge is 2.25. The highest BCUT2D eigenvalue weighted by Crippen LogP contribution is 2.26. The maximum atomic E-state index is 12.4. The molecule has 1 aromatic carbocycles. The average Bonchev–Trinajstić information content (AvgIpc) is 3.07. The van der Waals surface area contributed by atoms with E-state index in [-0.39, 0.29) is 6.03 Å². The molecule has 6 nitrogen and oxygen atoms in total. The van der Waals surface area contributed by atoms with E-state index in [0.29, 0.717) is 17.9 Å². The third kappa shape index (κ3) is 6.53. The molecule has 2 heterocycles. The van der Waals surface area contributed by atoms with E-state index in [9.17, 15) is 4.79 Å². The van der Waals surface area contributed by atoms with E-state index in [1.54, 1.807) is 7.11 Å². The third-order valence-electron chi connectivity index (χ3n) is 6.61. The number of ether oxygens (including phenoxy) is 1. The summed E-state index contributed by atoms with van der Waals surface area (Å²) < 4.78 is 5.34. The Morgan fingerprint density at radius 3 is 2.60 bits per heavy atom. The van der Waals surface area contributed by atoms with Gasteiger partial charge in [-0.15, -0.1) is 0 Å². The van der Waals surface area contributed by atoms with E-state index in [4.69, 9.17) is 4.74 Å². The van der Waals surface area contributed by atoms with Crippen LogP contribution in [0.15, 0.2) is 24.3 Å². The van der Waals surface area contributed by atoms with Crippen LogP contribution in [0.1, 0.15) is 46.0 Å². The first-order valence-corrected chi connectivity index (χ1v) is 11.7.